The smallest absolute Gasteiger partial charge is 0.0640 e. The van der Waals surface area contributed by atoms with E-state index < -0.39 is 0 Å². The van der Waals surface area contributed by atoms with Crippen LogP contribution in [0.2, 0.25) is 0 Å². The molecule has 1 fully saturated rings. The average molecular weight is 280 g/mol. The van der Waals surface area contributed by atoms with Gasteiger partial charge in [0.2, 0.25) is 0 Å². The van der Waals surface area contributed by atoms with Crippen LogP contribution in [0.15, 0.2) is 12.4 Å². The summed E-state index contributed by atoms with van der Waals surface area (Å²) in [7, 11) is 0. The molecule has 114 valence electrons. The fraction of sp³-hybridized carbons (Fsp3) is 0.800. The molecule has 0 atom stereocenters. The highest BCUT2D eigenvalue weighted by molar-refractivity contribution is 5.04. The van der Waals surface area contributed by atoms with E-state index in [1.54, 1.807) is 0 Å². The number of rotatable bonds is 7. The van der Waals surface area contributed by atoms with Gasteiger partial charge >= 0.3 is 0 Å². The number of aromatic nitrogens is 2. The maximum Gasteiger partial charge on any atom is 0.0640 e. The van der Waals surface area contributed by atoms with Crippen molar-refractivity contribution in [2.45, 2.75) is 45.8 Å². The minimum absolute atomic E-state index is 0.143. The lowest BCUT2D eigenvalue weighted by atomic mass is 9.97. The molecule has 2 heterocycles. The summed E-state index contributed by atoms with van der Waals surface area (Å²) in [6, 6.07) is 0.547. The van der Waals surface area contributed by atoms with Crippen molar-refractivity contribution in [2.75, 3.05) is 26.2 Å². The van der Waals surface area contributed by atoms with Crippen molar-refractivity contribution in [3.63, 3.8) is 0 Å². The molecule has 0 bridgehead atoms. The van der Waals surface area contributed by atoms with Crippen LogP contribution in [0.25, 0.3) is 0 Å². The van der Waals surface area contributed by atoms with Crippen LogP contribution in [0, 0.1) is 5.92 Å². The number of hydrogen-bond acceptors (Lipinski definition) is 4. The van der Waals surface area contributed by atoms with Crippen LogP contribution in [0.1, 0.15) is 32.3 Å². The van der Waals surface area contributed by atoms with Crippen molar-refractivity contribution in [3.8, 4) is 0 Å². The Morgan fingerprint density at radius 1 is 1.45 bits per heavy atom. The number of piperidine rings is 1. The van der Waals surface area contributed by atoms with E-state index in [1.165, 1.54) is 24.9 Å². The molecule has 0 saturated carbocycles. The second-order valence-corrected chi connectivity index (χ2v) is 6.05. The zero-order chi connectivity index (χ0) is 14.4. The molecular weight excluding hydrogens is 252 g/mol. The van der Waals surface area contributed by atoms with Crippen LogP contribution in [0.5, 0.6) is 0 Å². The summed E-state index contributed by atoms with van der Waals surface area (Å²) in [5.74, 6) is 0.811. The van der Waals surface area contributed by atoms with Crippen molar-refractivity contribution in [3.05, 3.63) is 18.0 Å². The zero-order valence-corrected chi connectivity index (χ0v) is 12.8. The van der Waals surface area contributed by atoms with Crippen LogP contribution in [-0.4, -0.2) is 52.1 Å². The normalized spacial score (nSPS) is 17.2. The molecule has 5 heteroatoms. The van der Waals surface area contributed by atoms with Crippen LogP contribution >= 0.6 is 0 Å². The molecular formula is C15H28N4O. The topological polar surface area (TPSA) is 53.3 Å². The number of hydrogen-bond donors (Lipinski definition) is 2. The maximum absolute atomic E-state index is 8.94. The molecule has 0 aromatic carbocycles. The lowest BCUT2D eigenvalue weighted by Gasteiger charge is -2.32. The Labute approximate surface area is 122 Å². The molecule has 1 aromatic rings. The molecule has 0 spiro atoms. The summed E-state index contributed by atoms with van der Waals surface area (Å²) in [5.41, 5.74) is 1.24. The van der Waals surface area contributed by atoms with E-state index >= 15 is 0 Å². The van der Waals surface area contributed by atoms with Crippen LogP contribution in [-0.2, 0) is 13.1 Å². The Balaban J connectivity index is 1.90. The van der Waals surface area contributed by atoms with Crippen LogP contribution in [0.4, 0.5) is 0 Å². The molecule has 0 aliphatic carbocycles. The minimum atomic E-state index is 0.143. The quantitative estimate of drug-likeness (QED) is 0.785. The molecule has 0 unspecified atom stereocenters. The Morgan fingerprint density at radius 3 is 2.85 bits per heavy atom. The second kappa shape index (κ2) is 7.76. The third-order valence-electron chi connectivity index (χ3n) is 4.08. The highest BCUT2D eigenvalue weighted by Crippen LogP contribution is 2.17. The fourth-order valence-corrected chi connectivity index (χ4v) is 2.80. The number of nitrogens with zero attached hydrogens (tertiary/aromatic N) is 3. The summed E-state index contributed by atoms with van der Waals surface area (Å²) in [6.07, 6.45) is 6.54. The molecule has 1 aromatic heterocycles. The molecule has 20 heavy (non-hydrogen) atoms. The molecule has 1 aliphatic rings. The minimum Gasteiger partial charge on any atom is -0.394 e. The first-order chi connectivity index (χ1) is 9.69. The Kier molecular flexibility index (Phi) is 6.01. The van der Waals surface area contributed by atoms with E-state index in [0.29, 0.717) is 12.6 Å². The van der Waals surface area contributed by atoms with Gasteiger partial charge in [-0.25, -0.2) is 0 Å². The molecule has 5 nitrogen and oxygen atoms in total. The maximum atomic E-state index is 8.94. The number of aliphatic hydroxyl groups excluding tert-OH is 1. The summed E-state index contributed by atoms with van der Waals surface area (Å²) < 4.78 is 1.82. The van der Waals surface area contributed by atoms with E-state index in [2.05, 4.69) is 29.2 Å². The fourth-order valence-electron chi connectivity index (χ4n) is 2.80. The summed E-state index contributed by atoms with van der Waals surface area (Å²) in [6.45, 7) is 9.69. The predicted octanol–water partition coefficient (Wildman–Crippen LogP) is 1.09. The zero-order valence-electron chi connectivity index (χ0n) is 12.8. The van der Waals surface area contributed by atoms with Gasteiger partial charge in [-0.05, 0) is 45.7 Å². The average Bonchev–Trinajstić information content (AvgIpc) is 2.87. The van der Waals surface area contributed by atoms with Crippen molar-refractivity contribution in [2.24, 2.45) is 5.92 Å². The lowest BCUT2D eigenvalue weighted by Crippen LogP contribution is -2.39. The molecule has 2 rings (SSSR count). The highest BCUT2D eigenvalue weighted by Gasteiger charge is 2.19. The Bertz CT molecular complexity index is 385. The van der Waals surface area contributed by atoms with E-state index in [9.17, 15) is 0 Å². The van der Waals surface area contributed by atoms with Gasteiger partial charge in [-0.2, -0.15) is 5.10 Å². The standard InChI is InChI=1S/C15H28N4O/c1-13(2)18(10-14-3-5-16-6-4-14)11-15-9-17-19(12-15)7-8-20/h9,12-14,16,20H,3-8,10-11H2,1-2H3. The van der Waals surface area contributed by atoms with E-state index in [4.69, 9.17) is 5.11 Å². The predicted molar refractivity (Wildman–Crippen MR) is 80.5 cm³/mol. The van der Waals surface area contributed by atoms with Gasteiger partial charge in [-0.3, -0.25) is 9.58 Å². The Hall–Kier alpha value is -0.910. The molecule has 2 N–H and O–H groups in total. The summed E-state index contributed by atoms with van der Waals surface area (Å²) in [5, 5.41) is 16.7. The molecule has 0 amide bonds. The van der Waals surface area contributed by atoms with Gasteiger partial charge in [0.1, 0.15) is 0 Å². The molecule has 1 aliphatic heterocycles. The number of nitrogens with one attached hydrogen (secondary N) is 1. The van der Waals surface area contributed by atoms with Gasteiger partial charge in [-0.1, -0.05) is 0 Å². The second-order valence-electron chi connectivity index (χ2n) is 6.05. The van der Waals surface area contributed by atoms with Gasteiger partial charge in [-0.15, -0.1) is 0 Å². The third-order valence-corrected chi connectivity index (χ3v) is 4.08. The lowest BCUT2D eigenvalue weighted by molar-refractivity contribution is 0.161. The molecule has 1 saturated heterocycles. The SMILES string of the molecule is CC(C)N(Cc1cnn(CCO)c1)CC1CCNCC1. The van der Waals surface area contributed by atoms with Crippen molar-refractivity contribution in [1.29, 1.82) is 0 Å². The first kappa shape index (κ1) is 15.5. The van der Waals surface area contributed by atoms with Crippen molar-refractivity contribution < 1.29 is 5.11 Å². The third kappa shape index (κ3) is 4.58. The first-order valence-corrected chi connectivity index (χ1v) is 7.76. The Morgan fingerprint density at radius 2 is 2.20 bits per heavy atom. The molecule has 0 radical (unpaired) electrons. The number of aliphatic hydroxyl groups is 1. The van der Waals surface area contributed by atoms with Gasteiger partial charge in [0.25, 0.3) is 0 Å². The van der Waals surface area contributed by atoms with Crippen molar-refractivity contribution >= 4 is 0 Å². The largest absolute Gasteiger partial charge is 0.394 e. The van der Waals surface area contributed by atoms with E-state index in [1.807, 2.05) is 17.1 Å². The van der Waals surface area contributed by atoms with Crippen LogP contribution < -0.4 is 5.32 Å². The van der Waals surface area contributed by atoms with E-state index in [0.717, 1.165) is 25.6 Å². The van der Waals surface area contributed by atoms with Gasteiger partial charge in [0.05, 0.1) is 19.3 Å². The van der Waals surface area contributed by atoms with Crippen LogP contribution in [0.3, 0.4) is 0 Å². The van der Waals surface area contributed by atoms with Gasteiger partial charge in [0.15, 0.2) is 0 Å². The van der Waals surface area contributed by atoms with Gasteiger partial charge < -0.3 is 10.4 Å². The summed E-state index contributed by atoms with van der Waals surface area (Å²) >= 11 is 0. The first-order valence-electron chi connectivity index (χ1n) is 7.76. The van der Waals surface area contributed by atoms with E-state index in [-0.39, 0.29) is 6.61 Å². The van der Waals surface area contributed by atoms with Gasteiger partial charge in [0, 0.05) is 30.9 Å². The highest BCUT2D eigenvalue weighted by atomic mass is 16.3. The van der Waals surface area contributed by atoms with Crippen molar-refractivity contribution in [1.82, 2.24) is 20.0 Å². The summed E-state index contributed by atoms with van der Waals surface area (Å²) in [4.78, 5) is 2.54. The monoisotopic (exact) mass is 280 g/mol.